The molecule has 2 N–H and O–H groups in total. The zero-order chi connectivity index (χ0) is 7.65. The first-order valence-corrected chi connectivity index (χ1v) is 2.76. The molecule has 10 heavy (non-hydrogen) atoms. The number of carboxylic acids is 1. The van der Waals surface area contributed by atoms with Crippen LogP contribution in [0, 0.1) is 5.41 Å². The molecular weight excluding hydrogens is 143 g/mol. The first kappa shape index (κ1) is 13.1. The van der Waals surface area contributed by atoms with E-state index in [1.807, 2.05) is 0 Å². The predicted octanol–water partition coefficient (Wildman–Crippen LogP) is -0.171. The number of hydrogen-bond donors (Lipinski definition) is 2. The number of hydrogen-bond acceptors (Lipinski definition) is 2. The Kier molecular flexibility index (Phi) is 5.66. The fourth-order valence-electron chi connectivity index (χ4n) is 0.370. The molecule has 0 radical (unpaired) electrons. The van der Waals surface area contributed by atoms with Crippen LogP contribution in [0.2, 0.25) is 0 Å². The molecule has 0 spiro atoms. The summed E-state index contributed by atoms with van der Waals surface area (Å²) in [5.41, 5.74) is -0.564. The maximum absolute atomic E-state index is 10.1. The number of rotatable bonds is 1. The molecule has 56 valence electrons. The van der Waals surface area contributed by atoms with E-state index in [0.29, 0.717) is 0 Å². The van der Waals surface area contributed by atoms with Crippen molar-refractivity contribution in [2.45, 2.75) is 26.9 Å². The van der Waals surface area contributed by atoms with Crippen LogP contribution in [-0.2, 0) is 4.79 Å². The van der Waals surface area contributed by atoms with Crippen LogP contribution >= 0.6 is 0 Å². The van der Waals surface area contributed by atoms with Crippen LogP contribution in [0.25, 0.3) is 0 Å². The second-order valence-electron chi connectivity index (χ2n) is 3.11. The summed E-state index contributed by atoms with van der Waals surface area (Å²) >= 11 is 0. The molecule has 1 atom stereocenters. The molecule has 0 saturated heterocycles. The van der Waals surface area contributed by atoms with Gasteiger partial charge in [-0.25, -0.2) is 4.79 Å². The molecule has 0 aromatic carbocycles. The summed E-state index contributed by atoms with van der Waals surface area (Å²) in [5.74, 6) is -1.16. The molecule has 1 unspecified atom stereocenters. The van der Waals surface area contributed by atoms with Gasteiger partial charge in [0.25, 0.3) is 0 Å². The normalized spacial score (nSPS) is 13.6. The molecule has 0 amide bonds. The van der Waals surface area contributed by atoms with Crippen molar-refractivity contribution in [3.63, 3.8) is 0 Å². The summed E-state index contributed by atoms with van der Waals surface area (Å²) in [6, 6.07) is 0. The molecule has 0 fully saturated rings. The monoisotopic (exact) mass is 156 g/mol. The maximum atomic E-state index is 10.1. The van der Waals surface area contributed by atoms with Gasteiger partial charge in [-0.3, -0.25) is 0 Å². The Morgan fingerprint density at radius 1 is 1.40 bits per heavy atom. The Balaban J connectivity index is 0. The summed E-state index contributed by atoms with van der Waals surface area (Å²) in [7, 11) is 0. The average molecular weight is 156 g/mol. The minimum atomic E-state index is -1.27. The van der Waals surface area contributed by atoms with E-state index in [2.05, 4.69) is 0 Å². The summed E-state index contributed by atoms with van der Waals surface area (Å²) in [6.07, 6.45) is -1.27. The standard InChI is InChI=1S/C6H12O3.Na.H/c1-6(2,3)4(7)5(8)9;;/h4,7H,1-3H3,(H,8,9);;. The van der Waals surface area contributed by atoms with E-state index < -0.39 is 17.5 Å². The molecule has 0 aromatic heterocycles. The number of aliphatic carboxylic acids is 1. The second-order valence-corrected chi connectivity index (χ2v) is 3.11. The van der Waals surface area contributed by atoms with Gasteiger partial charge in [-0.05, 0) is 5.41 Å². The molecule has 0 heterocycles. The summed E-state index contributed by atoms with van der Waals surface area (Å²) in [4.78, 5) is 10.1. The zero-order valence-corrected chi connectivity index (χ0v) is 5.88. The third kappa shape index (κ3) is 4.28. The molecule has 3 nitrogen and oxygen atoms in total. The number of carboxylic acid groups (broad SMARTS) is 1. The van der Waals surface area contributed by atoms with Crippen LogP contribution < -0.4 is 0 Å². The third-order valence-corrected chi connectivity index (χ3v) is 1.05. The topological polar surface area (TPSA) is 57.5 Å². The van der Waals surface area contributed by atoms with Crippen LogP contribution in [-0.4, -0.2) is 51.8 Å². The van der Waals surface area contributed by atoms with Crippen molar-refractivity contribution in [2.75, 3.05) is 0 Å². The van der Waals surface area contributed by atoms with Gasteiger partial charge in [0.05, 0.1) is 0 Å². The number of aliphatic hydroxyl groups excluding tert-OH is 1. The molecule has 0 saturated carbocycles. The van der Waals surface area contributed by atoms with E-state index in [1.54, 1.807) is 20.8 Å². The molecule has 0 rings (SSSR count). The van der Waals surface area contributed by atoms with Crippen LogP contribution in [0.15, 0.2) is 0 Å². The van der Waals surface area contributed by atoms with E-state index >= 15 is 0 Å². The van der Waals surface area contributed by atoms with Gasteiger partial charge in [0.15, 0.2) is 6.10 Å². The minimum absolute atomic E-state index is 0. The summed E-state index contributed by atoms with van der Waals surface area (Å²) < 4.78 is 0. The van der Waals surface area contributed by atoms with Crippen molar-refractivity contribution in [1.29, 1.82) is 0 Å². The fourth-order valence-corrected chi connectivity index (χ4v) is 0.370. The van der Waals surface area contributed by atoms with E-state index in [1.165, 1.54) is 0 Å². The van der Waals surface area contributed by atoms with Crippen molar-refractivity contribution < 1.29 is 15.0 Å². The van der Waals surface area contributed by atoms with Crippen molar-refractivity contribution in [3.8, 4) is 0 Å². The molecule has 0 aliphatic carbocycles. The summed E-state index contributed by atoms with van der Waals surface area (Å²) in [6.45, 7) is 5.02. The molecule has 4 heteroatoms. The van der Waals surface area contributed by atoms with Gasteiger partial charge >= 0.3 is 35.5 Å². The summed E-state index contributed by atoms with van der Waals surface area (Å²) in [5, 5.41) is 17.1. The van der Waals surface area contributed by atoms with Gasteiger partial charge in [0.1, 0.15) is 0 Å². The van der Waals surface area contributed by atoms with Crippen LogP contribution in [0.1, 0.15) is 20.8 Å². The van der Waals surface area contributed by atoms with Crippen molar-refractivity contribution in [3.05, 3.63) is 0 Å². The Hall–Kier alpha value is 0.430. The van der Waals surface area contributed by atoms with E-state index in [9.17, 15) is 4.79 Å². The van der Waals surface area contributed by atoms with Gasteiger partial charge in [-0.2, -0.15) is 0 Å². The van der Waals surface area contributed by atoms with Gasteiger partial charge in [-0.1, -0.05) is 20.8 Å². The quantitative estimate of drug-likeness (QED) is 0.518. The van der Waals surface area contributed by atoms with Gasteiger partial charge in [0, 0.05) is 0 Å². The Bertz CT molecular complexity index is 117. The first-order valence-electron chi connectivity index (χ1n) is 2.76. The Labute approximate surface area is 82.7 Å². The van der Waals surface area contributed by atoms with Crippen molar-refractivity contribution >= 4 is 35.5 Å². The number of carbonyl (C=O) groups is 1. The molecule has 0 aliphatic rings. The van der Waals surface area contributed by atoms with Crippen LogP contribution in [0.5, 0.6) is 0 Å². The van der Waals surface area contributed by atoms with Crippen LogP contribution in [0.3, 0.4) is 0 Å². The van der Waals surface area contributed by atoms with E-state index in [4.69, 9.17) is 10.2 Å². The molecule has 0 aromatic rings. The van der Waals surface area contributed by atoms with Gasteiger partial charge < -0.3 is 10.2 Å². The van der Waals surface area contributed by atoms with E-state index in [0.717, 1.165) is 0 Å². The first-order chi connectivity index (χ1) is 3.85. The second kappa shape index (κ2) is 4.34. The van der Waals surface area contributed by atoms with Gasteiger partial charge in [0.2, 0.25) is 0 Å². The molecule has 0 aliphatic heterocycles. The third-order valence-electron chi connectivity index (χ3n) is 1.05. The SMILES string of the molecule is CC(C)(C)C(O)C(=O)O.[NaH]. The van der Waals surface area contributed by atoms with Gasteiger partial charge in [-0.15, -0.1) is 0 Å². The Morgan fingerprint density at radius 3 is 1.70 bits per heavy atom. The van der Waals surface area contributed by atoms with Crippen molar-refractivity contribution in [2.24, 2.45) is 5.41 Å². The Morgan fingerprint density at radius 2 is 1.70 bits per heavy atom. The predicted molar refractivity (Wildman–Crippen MR) is 40.2 cm³/mol. The average Bonchev–Trinajstić information content (AvgIpc) is 1.62. The number of aliphatic hydroxyl groups is 1. The molecular formula is C6H13NaO3. The zero-order valence-electron chi connectivity index (χ0n) is 5.88. The van der Waals surface area contributed by atoms with Crippen LogP contribution in [0.4, 0.5) is 0 Å². The molecule has 0 bridgehead atoms. The van der Waals surface area contributed by atoms with E-state index in [-0.39, 0.29) is 29.6 Å². The van der Waals surface area contributed by atoms with Crippen molar-refractivity contribution in [1.82, 2.24) is 0 Å². The fraction of sp³-hybridized carbons (Fsp3) is 0.833.